The van der Waals surface area contributed by atoms with Crippen LogP contribution < -0.4 is 5.32 Å². The van der Waals surface area contributed by atoms with Gasteiger partial charge in [0.2, 0.25) is 0 Å². The third kappa shape index (κ3) is 3.41. The first-order valence-corrected chi connectivity index (χ1v) is 9.22. The van der Waals surface area contributed by atoms with E-state index in [9.17, 15) is 4.79 Å². The maximum Gasteiger partial charge on any atom is 0.318 e. The minimum atomic E-state index is -0.493. The summed E-state index contributed by atoms with van der Waals surface area (Å²) in [4.78, 5) is 14.6. The number of likely N-dealkylation sites (tertiary alicyclic amines) is 1. The van der Waals surface area contributed by atoms with Crippen molar-refractivity contribution in [1.29, 1.82) is 0 Å². The van der Waals surface area contributed by atoms with Crippen molar-refractivity contribution in [3.05, 3.63) is 24.0 Å². The molecule has 25 heavy (non-hydrogen) atoms. The van der Waals surface area contributed by atoms with Crippen LogP contribution in [0.3, 0.4) is 0 Å². The van der Waals surface area contributed by atoms with Gasteiger partial charge in [0.1, 0.15) is 6.10 Å². The number of nitrogens with zero attached hydrogens (tertiary/aromatic N) is 2. The first-order valence-electron chi connectivity index (χ1n) is 9.22. The number of aromatic nitrogens is 1. The highest BCUT2D eigenvalue weighted by molar-refractivity contribution is 5.75. The molecule has 3 aliphatic heterocycles. The summed E-state index contributed by atoms with van der Waals surface area (Å²) in [6.45, 7) is 3.15. The molecular formula is C18H27N3O4. The van der Waals surface area contributed by atoms with Gasteiger partial charge in [0.25, 0.3) is 0 Å². The van der Waals surface area contributed by atoms with Crippen molar-refractivity contribution in [1.82, 2.24) is 14.8 Å². The number of ether oxygens (including phenoxy) is 3. The van der Waals surface area contributed by atoms with E-state index < -0.39 is 5.79 Å². The van der Waals surface area contributed by atoms with Crippen molar-refractivity contribution in [2.75, 3.05) is 32.9 Å². The molecule has 0 unspecified atom stereocenters. The third-order valence-electron chi connectivity index (χ3n) is 5.49. The second kappa shape index (κ2) is 6.97. The molecule has 4 rings (SSSR count). The molecule has 0 radical (unpaired) electrons. The van der Waals surface area contributed by atoms with Crippen molar-refractivity contribution in [3.63, 3.8) is 0 Å². The van der Waals surface area contributed by atoms with Gasteiger partial charge < -0.3 is 29.0 Å². The average Bonchev–Trinajstić information content (AvgIpc) is 3.33. The highest BCUT2D eigenvalue weighted by Crippen LogP contribution is 2.34. The van der Waals surface area contributed by atoms with E-state index in [1.807, 2.05) is 24.2 Å². The van der Waals surface area contributed by atoms with Gasteiger partial charge in [-0.25, -0.2) is 4.79 Å². The Morgan fingerprint density at radius 2 is 2.24 bits per heavy atom. The molecule has 2 amide bonds. The molecule has 0 aromatic carbocycles. The zero-order valence-corrected chi connectivity index (χ0v) is 14.8. The molecule has 1 spiro atoms. The topological polar surface area (TPSA) is 65.0 Å². The van der Waals surface area contributed by atoms with Crippen LogP contribution in [0.25, 0.3) is 0 Å². The average molecular weight is 349 g/mol. The second-order valence-corrected chi connectivity index (χ2v) is 7.16. The quantitative estimate of drug-likeness (QED) is 0.904. The molecule has 4 heterocycles. The summed E-state index contributed by atoms with van der Waals surface area (Å²) >= 11 is 0. The molecule has 2 atom stereocenters. The van der Waals surface area contributed by atoms with Gasteiger partial charge in [-0.2, -0.15) is 0 Å². The second-order valence-electron chi connectivity index (χ2n) is 7.16. The van der Waals surface area contributed by atoms with Crippen molar-refractivity contribution < 1.29 is 19.0 Å². The Morgan fingerprint density at radius 3 is 3.00 bits per heavy atom. The summed E-state index contributed by atoms with van der Waals surface area (Å²) in [5.41, 5.74) is 1.19. The number of hydrogen-bond donors (Lipinski definition) is 1. The van der Waals surface area contributed by atoms with Gasteiger partial charge in [0.05, 0.1) is 25.9 Å². The molecule has 1 aromatic rings. The highest BCUT2D eigenvalue weighted by Gasteiger charge is 2.43. The van der Waals surface area contributed by atoms with Crippen LogP contribution in [-0.2, 0) is 21.3 Å². The zero-order chi connectivity index (χ0) is 17.3. The molecule has 7 heteroatoms. The van der Waals surface area contributed by atoms with Gasteiger partial charge in [-0.3, -0.25) is 0 Å². The molecule has 1 aromatic heterocycles. The molecule has 0 aliphatic carbocycles. The summed E-state index contributed by atoms with van der Waals surface area (Å²) in [5.74, 6) is -0.493. The van der Waals surface area contributed by atoms with E-state index >= 15 is 0 Å². The fourth-order valence-electron chi connectivity index (χ4n) is 4.10. The summed E-state index contributed by atoms with van der Waals surface area (Å²) in [7, 11) is 2.03. The number of carbonyl (C=O) groups excluding carboxylic acids is 1. The van der Waals surface area contributed by atoms with Crippen LogP contribution in [-0.4, -0.2) is 60.3 Å². The third-order valence-corrected chi connectivity index (χ3v) is 5.49. The summed E-state index contributed by atoms with van der Waals surface area (Å²) in [6.07, 6.45) is 5.52. The molecule has 7 nitrogen and oxygen atoms in total. The number of aryl methyl sites for hydroxylation is 1. The molecule has 1 N–H and O–H groups in total. The first-order chi connectivity index (χ1) is 12.2. The highest BCUT2D eigenvalue weighted by atomic mass is 16.7. The molecule has 3 saturated heterocycles. The SMILES string of the molecule is Cn1cccc1[C@H]1CCCN1C(=O)NC[C@H]1COC2(CCOCC2)O1. The summed E-state index contributed by atoms with van der Waals surface area (Å²) < 4.78 is 19.4. The van der Waals surface area contributed by atoms with Crippen LogP contribution in [0, 0.1) is 0 Å². The largest absolute Gasteiger partial charge is 0.381 e. The molecule has 138 valence electrons. The smallest absolute Gasteiger partial charge is 0.318 e. The molecule has 0 bridgehead atoms. The molecular weight excluding hydrogens is 322 g/mol. The van der Waals surface area contributed by atoms with Gasteiger partial charge in [-0.1, -0.05) is 0 Å². The normalized spacial score (nSPS) is 28.6. The Bertz CT molecular complexity index is 611. The van der Waals surface area contributed by atoms with Gasteiger partial charge in [0, 0.05) is 44.9 Å². The Morgan fingerprint density at radius 1 is 1.40 bits per heavy atom. The maximum absolute atomic E-state index is 12.7. The standard InChI is InChI=1S/C18H27N3O4/c1-20-8-2-4-15(20)16-5-3-9-21(16)17(22)19-12-14-13-24-18(25-14)6-10-23-11-7-18/h2,4,8,14,16H,3,5-7,9-13H2,1H3,(H,19,22)/t14-,16+/m0/s1. The van der Waals surface area contributed by atoms with E-state index in [1.54, 1.807) is 0 Å². The lowest BCUT2D eigenvalue weighted by Crippen LogP contribution is -2.44. The molecule has 3 aliphatic rings. The van der Waals surface area contributed by atoms with Crippen LogP contribution in [0.5, 0.6) is 0 Å². The fraction of sp³-hybridized carbons (Fsp3) is 0.722. The maximum atomic E-state index is 12.7. The van der Waals surface area contributed by atoms with Crippen LogP contribution >= 0.6 is 0 Å². The predicted octanol–water partition coefficient (Wildman–Crippen LogP) is 1.79. The van der Waals surface area contributed by atoms with Gasteiger partial charge >= 0.3 is 6.03 Å². The Hall–Kier alpha value is -1.57. The van der Waals surface area contributed by atoms with E-state index in [1.165, 1.54) is 5.69 Å². The van der Waals surface area contributed by atoms with E-state index in [2.05, 4.69) is 16.0 Å². The van der Waals surface area contributed by atoms with Crippen LogP contribution in [0.15, 0.2) is 18.3 Å². The summed E-state index contributed by atoms with van der Waals surface area (Å²) in [5, 5.41) is 3.04. The molecule has 3 fully saturated rings. The van der Waals surface area contributed by atoms with Crippen molar-refractivity contribution in [2.24, 2.45) is 7.05 Å². The van der Waals surface area contributed by atoms with Gasteiger partial charge in [-0.05, 0) is 25.0 Å². The summed E-state index contributed by atoms with van der Waals surface area (Å²) in [6, 6.07) is 4.27. The molecule has 0 saturated carbocycles. The minimum Gasteiger partial charge on any atom is -0.381 e. The van der Waals surface area contributed by atoms with Crippen LogP contribution in [0.4, 0.5) is 4.79 Å². The van der Waals surface area contributed by atoms with E-state index in [4.69, 9.17) is 14.2 Å². The lowest BCUT2D eigenvalue weighted by atomic mass is 10.1. The number of nitrogens with one attached hydrogen (secondary N) is 1. The number of urea groups is 1. The van der Waals surface area contributed by atoms with E-state index in [0.717, 1.165) is 32.2 Å². The Labute approximate surface area is 148 Å². The fourth-order valence-corrected chi connectivity index (χ4v) is 4.10. The predicted molar refractivity (Wildman–Crippen MR) is 91.1 cm³/mol. The number of hydrogen-bond acceptors (Lipinski definition) is 4. The number of amides is 2. The van der Waals surface area contributed by atoms with E-state index in [-0.39, 0.29) is 18.2 Å². The van der Waals surface area contributed by atoms with Crippen molar-refractivity contribution >= 4 is 6.03 Å². The monoisotopic (exact) mass is 349 g/mol. The Balaban J connectivity index is 1.31. The first kappa shape index (κ1) is 16.9. The van der Waals surface area contributed by atoms with Gasteiger partial charge in [-0.15, -0.1) is 0 Å². The van der Waals surface area contributed by atoms with Crippen molar-refractivity contribution in [2.45, 2.75) is 43.6 Å². The Kier molecular flexibility index (Phi) is 4.71. The number of rotatable bonds is 3. The van der Waals surface area contributed by atoms with Crippen LogP contribution in [0.2, 0.25) is 0 Å². The van der Waals surface area contributed by atoms with Crippen molar-refractivity contribution in [3.8, 4) is 0 Å². The van der Waals surface area contributed by atoms with E-state index in [0.29, 0.717) is 26.4 Å². The lowest BCUT2D eigenvalue weighted by molar-refractivity contribution is -0.210. The zero-order valence-electron chi connectivity index (χ0n) is 14.8. The van der Waals surface area contributed by atoms with Gasteiger partial charge in [0.15, 0.2) is 5.79 Å². The lowest BCUT2D eigenvalue weighted by Gasteiger charge is -2.31. The number of carbonyl (C=O) groups is 1. The minimum absolute atomic E-state index is 0.0137. The van der Waals surface area contributed by atoms with Crippen LogP contribution in [0.1, 0.15) is 37.4 Å².